The third-order valence-corrected chi connectivity index (χ3v) is 7.26. The molecule has 0 amide bonds. The zero-order valence-corrected chi connectivity index (χ0v) is 21.9. The summed E-state index contributed by atoms with van der Waals surface area (Å²) < 4.78 is 13.6. The maximum Gasteiger partial charge on any atom is 0.123 e. The van der Waals surface area contributed by atoms with Gasteiger partial charge in [0.15, 0.2) is 0 Å². The molecular weight excluding hydrogens is 403 g/mol. The zero-order chi connectivity index (χ0) is 24.4. The fourth-order valence-corrected chi connectivity index (χ4v) is 5.36. The number of allylic oxidation sites excluding steroid dienone is 1. The quantitative estimate of drug-likeness (QED) is 0.283. The van der Waals surface area contributed by atoms with Gasteiger partial charge >= 0.3 is 0 Å². The molecule has 180 valence electrons. The van der Waals surface area contributed by atoms with Crippen LogP contribution in [0.2, 0.25) is 0 Å². The van der Waals surface area contributed by atoms with Crippen molar-refractivity contribution >= 4 is 0 Å². The van der Waals surface area contributed by atoms with Gasteiger partial charge in [0.25, 0.3) is 0 Å². The van der Waals surface area contributed by atoms with Gasteiger partial charge in [-0.2, -0.15) is 0 Å². The number of benzene rings is 2. The second-order valence-electron chi connectivity index (χ2n) is 10.6. The molecule has 0 saturated heterocycles. The largest absolute Gasteiger partial charge is 0.207 e. The van der Waals surface area contributed by atoms with Crippen LogP contribution in [0.5, 0.6) is 0 Å². The molecule has 1 heteroatoms. The molecule has 2 aromatic rings. The lowest BCUT2D eigenvalue weighted by Crippen LogP contribution is -2.18. The lowest BCUT2D eigenvalue weighted by atomic mass is 9.74. The third kappa shape index (κ3) is 8.01. The number of hydrogen-bond acceptors (Lipinski definition) is 0. The van der Waals surface area contributed by atoms with E-state index < -0.39 is 0 Å². The molecule has 0 nitrogen and oxygen atoms in total. The molecule has 0 heterocycles. The molecule has 0 bridgehead atoms. The number of aryl methyl sites for hydroxylation is 1. The van der Waals surface area contributed by atoms with Gasteiger partial charge in [0.2, 0.25) is 0 Å². The van der Waals surface area contributed by atoms with Crippen molar-refractivity contribution in [2.75, 3.05) is 0 Å². The van der Waals surface area contributed by atoms with Crippen molar-refractivity contribution in [3.63, 3.8) is 0 Å². The lowest BCUT2D eigenvalue weighted by Gasteiger charge is -2.29. The van der Waals surface area contributed by atoms with E-state index in [0.717, 1.165) is 30.2 Å². The monoisotopic (exact) mass is 448 g/mol. The topological polar surface area (TPSA) is 0 Å². The molecular formula is C32H45F. The van der Waals surface area contributed by atoms with Crippen molar-refractivity contribution in [1.29, 1.82) is 0 Å². The Morgan fingerprint density at radius 1 is 0.848 bits per heavy atom. The minimum atomic E-state index is -0.198. The van der Waals surface area contributed by atoms with Gasteiger partial charge in [-0.05, 0) is 70.9 Å². The first-order valence-corrected chi connectivity index (χ1v) is 13.0. The van der Waals surface area contributed by atoms with E-state index in [1.54, 1.807) is 12.1 Å². The Morgan fingerprint density at radius 2 is 1.42 bits per heavy atom. The van der Waals surface area contributed by atoms with Crippen LogP contribution in [0.4, 0.5) is 4.39 Å². The van der Waals surface area contributed by atoms with Gasteiger partial charge in [0.1, 0.15) is 5.82 Å². The van der Waals surface area contributed by atoms with Crippen molar-refractivity contribution < 1.29 is 4.39 Å². The summed E-state index contributed by atoms with van der Waals surface area (Å²) in [5.41, 5.74) is 8.20. The van der Waals surface area contributed by atoms with Crippen molar-refractivity contribution in [1.82, 2.24) is 0 Å². The lowest BCUT2D eigenvalue weighted by molar-refractivity contribution is 0.276. The highest BCUT2D eigenvalue weighted by Gasteiger charge is 2.27. The predicted octanol–water partition coefficient (Wildman–Crippen LogP) is 9.69. The van der Waals surface area contributed by atoms with Gasteiger partial charge in [0.05, 0.1) is 0 Å². The summed E-state index contributed by atoms with van der Waals surface area (Å²) in [4.78, 5) is 0. The fraction of sp³-hybridized carbons (Fsp3) is 0.531. The molecule has 2 aromatic carbocycles. The van der Waals surface area contributed by atoms with Crippen LogP contribution < -0.4 is 0 Å². The first kappa shape index (κ1) is 27.1. The average Bonchev–Trinajstić information content (AvgIpc) is 2.78. The molecule has 2 atom stereocenters. The smallest absolute Gasteiger partial charge is 0.123 e. The van der Waals surface area contributed by atoms with Gasteiger partial charge in [-0.3, -0.25) is 0 Å². The minimum Gasteiger partial charge on any atom is -0.207 e. The van der Waals surface area contributed by atoms with E-state index in [2.05, 4.69) is 78.1 Å². The van der Waals surface area contributed by atoms with Crippen LogP contribution in [0.25, 0.3) is 0 Å². The summed E-state index contributed by atoms with van der Waals surface area (Å²) in [6.45, 7) is 17.6. The number of halogens is 1. The average molecular weight is 449 g/mol. The van der Waals surface area contributed by atoms with Crippen molar-refractivity contribution in [3.05, 3.63) is 88.9 Å². The first-order valence-electron chi connectivity index (χ1n) is 13.0. The van der Waals surface area contributed by atoms with Gasteiger partial charge < -0.3 is 0 Å². The van der Waals surface area contributed by atoms with Gasteiger partial charge in [-0.25, -0.2) is 4.39 Å². The molecule has 0 fully saturated rings. The Morgan fingerprint density at radius 3 is 1.91 bits per heavy atom. The van der Waals surface area contributed by atoms with Crippen LogP contribution in [0, 0.1) is 23.1 Å². The zero-order valence-electron chi connectivity index (χ0n) is 21.9. The van der Waals surface area contributed by atoms with E-state index in [1.807, 2.05) is 12.1 Å². The molecule has 0 saturated carbocycles. The molecule has 2 rings (SSSR count). The maximum atomic E-state index is 13.6. The molecule has 0 aliphatic carbocycles. The van der Waals surface area contributed by atoms with Crippen molar-refractivity contribution in [2.45, 2.75) is 92.4 Å². The Labute approximate surface area is 203 Å². The molecule has 0 aliphatic heterocycles. The highest BCUT2D eigenvalue weighted by Crippen LogP contribution is 2.39. The van der Waals surface area contributed by atoms with E-state index in [-0.39, 0.29) is 17.2 Å². The van der Waals surface area contributed by atoms with E-state index in [9.17, 15) is 4.39 Å². The summed E-state index contributed by atoms with van der Waals surface area (Å²) in [6.07, 6.45) is 8.50. The number of hydrogen-bond donors (Lipinski definition) is 0. The highest BCUT2D eigenvalue weighted by molar-refractivity contribution is 5.35. The maximum absolute atomic E-state index is 13.6. The van der Waals surface area contributed by atoms with Crippen molar-refractivity contribution in [2.24, 2.45) is 17.3 Å². The normalized spacial score (nSPS) is 13.6. The molecule has 33 heavy (non-hydrogen) atoms. The van der Waals surface area contributed by atoms with Crippen LogP contribution in [-0.2, 0) is 12.8 Å². The van der Waals surface area contributed by atoms with Gasteiger partial charge in [-0.1, -0.05) is 110 Å². The molecule has 2 unspecified atom stereocenters. The summed E-state index contributed by atoms with van der Waals surface area (Å²) in [7, 11) is 0. The van der Waals surface area contributed by atoms with E-state index in [0.29, 0.717) is 0 Å². The molecule has 0 N–H and O–H groups in total. The number of rotatable bonds is 12. The second kappa shape index (κ2) is 13.0. The van der Waals surface area contributed by atoms with Crippen LogP contribution >= 0.6 is 0 Å². The van der Waals surface area contributed by atoms with Crippen LogP contribution in [-0.4, -0.2) is 0 Å². The van der Waals surface area contributed by atoms with Gasteiger partial charge in [-0.15, -0.1) is 5.73 Å². The van der Waals surface area contributed by atoms with E-state index in [4.69, 9.17) is 0 Å². The first-order chi connectivity index (χ1) is 15.7. The van der Waals surface area contributed by atoms with E-state index in [1.165, 1.54) is 48.8 Å². The Bertz CT molecular complexity index is 872. The van der Waals surface area contributed by atoms with E-state index >= 15 is 0 Å². The minimum absolute atomic E-state index is 0.0515. The summed E-state index contributed by atoms with van der Waals surface area (Å²) in [6, 6.07) is 16.1. The predicted molar refractivity (Wildman–Crippen MR) is 142 cm³/mol. The fourth-order valence-electron chi connectivity index (χ4n) is 5.36. The Hall–Kier alpha value is -2.11. The van der Waals surface area contributed by atoms with Crippen LogP contribution in [0.3, 0.4) is 0 Å². The molecule has 0 aliphatic rings. The molecule has 0 radical (unpaired) electrons. The summed E-state index contributed by atoms with van der Waals surface area (Å²) in [5.74, 6) is 1.62. The van der Waals surface area contributed by atoms with Crippen LogP contribution in [0.1, 0.15) is 96.3 Å². The second-order valence-corrected chi connectivity index (χ2v) is 10.6. The standard InChI is InChI=1S/C32H45F/c1-8-12-27(26(9-2)10-3)18-17-24-13-15-25(16-14-24)23-30(31(11-4)32(5,6)7)28-19-21-29(33)22-20-28/h13-16,19-22,26-27,30H,4,8-10,12,17-18,23H2,1-3,5-7H3. The SMILES string of the molecule is C=C=C(C(Cc1ccc(CCC(CCC)C(CC)CC)cc1)c1ccc(F)cc1)C(C)(C)C. The molecule has 0 spiro atoms. The summed E-state index contributed by atoms with van der Waals surface area (Å²) in [5, 5.41) is 0. The van der Waals surface area contributed by atoms with Gasteiger partial charge in [0, 0.05) is 5.92 Å². The summed E-state index contributed by atoms with van der Waals surface area (Å²) >= 11 is 0. The van der Waals surface area contributed by atoms with Crippen molar-refractivity contribution in [3.8, 4) is 0 Å². The highest BCUT2D eigenvalue weighted by atomic mass is 19.1. The molecule has 0 aromatic heterocycles. The third-order valence-electron chi connectivity index (χ3n) is 7.26. The Kier molecular flexibility index (Phi) is 10.6. The Balaban J connectivity index is 2.18. The van der Waals surface area contributed by atoms with Crippen LogP contribution in [0.15, 0.2) is 66.4 Å².